The molecule has 15 heavy (non-hydrogen) atoms. The van der Waals surface area contributed by atoms with E-state index in [9.17, 15) is 4.79 Å². The predicted octanol–water partition coefficient (Wildman–Crippen LogP) is 0.0725. The number of hydrogen-bond donors (Lipinski definition) is 3. The number of amides is 1. The molecule has 0 aromatic rings. The lowest BCUT2D eigenvalue weighted by Crippen LogP contribution is -2.46. The Kier molecular flexibility index (Phi) is 4.35. The van der Waals surface area contributed by atoms with Crippen LogP contribution in [0.5, 0.6) is 0 Å². The molecule has 1 fully saturated rings. The Bertz CT molecular complexity index is 205. The number of nitrogens with one attached hydrogen (secondary N) is 3. The summed E-state index contributed by atoms with van der Waals surface area (Å²) in [4.78, 5) is 11.5. The van der Waals surface area contributed by atoms with E-state index in [1.807, 2.05) is 20.8 Å². The van der Waals surface area contributed by atoms with Crippen LogP contribution >= 0.6 is 0 Å². The Labute approximate surface area is 90.9 Å². The fraction of sp³-hybridized carbons (Fsp3) is 0.900. The van der Waals surface area contributed by atoms with Crippen molar-refractivity contribution in [3.63, 3.8) is 0 Å². The van der Waals surface area contributed by atoms with Crippen LogP contribution < -0.4 is 16.0 Å². The van der Waals surface area contributed by atoms with Crippen molar-refractivity contribution >= 4 is 6.09 Å². The fourth-order valence-corrected chi connectivity index (χ4v) is 1.38. The summed E-state index contributed by atoms with van der Waals surface area (Å²) in [5.41, 5.74) is -0.435. The minimum absolute atomic E-state index is 0.0994. The summed E-state index contributed by atoms with van der Waals surface area (Å²) < 4.78 is 5.18. The average molecular weight is 215 g/mol. The van der Waals surface area contributed by atoms with Gasteiger partial charge in [0.25, 0.3) is 0 Å². The van der Waals surface area contributed by atoms with Gasteiger partial charge >= 0.3 is 6.09 Å². The molecule has 1 aliphatic rings. The van der Waals surface area contributed by atoms with Gasteiger partial charge < -0.3 is 20.7 Å². The van der Waals surface area contributed by atoms with Gasteiger partial charge in [0.15, 0.2) is 0 Å². The van der Waals surface area contributed by atoms with E-state index in [1.165, 1.54) is 0 Å². The lowest BCUT2D eigenvalue weighted by atomic mass is 10.2. The molecule has 0 spiro atoms. The highest BCUT2D eigenvalue weighted by molar-refractivity contribution is 5.68. The molecule has 0 radical (unpaired) electrons. The number of carbonyl (C=O) groups excluding carboxylic acids is 1. The highest BCUT2D eigenvalue weighted by atomic mass is 16.6. The van der Waals surface area contributed by atoms with Crippen molar-refractivity contribution in [1.29, 1.82) is 0 Å². The van der Waals surface area contributed by atoms with Crippen LogP contribution in [0.3, 0.4) is 0 Å². The third kappa shape index (κ3) is 5.59. The molecule has 5 heteroatoms. The Morgan fingerprint density at radius 1 is 1.27 bits per heavy atom. The van der Waals surface area contributed by atoms with E-state index in [4.69, 9.17) is 4.74 Å². The second kappa shape index (κ2) is 5.32. The first kappa shape index (κ1) is 12.3. The lowest BCUT2D eigenvalue weighted by molar-refractivity contribution is 0.0505. The molecule has 5 nitrogen and oxygen atoms in total. The van der Waals surface area contributed by atoms with Gasteiger partial charge in [-0.05, 0) is 20.8 Å². The predicted molar refractivity (Wildman–Crippen MR) is 58.9 cm³/mol. The van der Waals surface area contributed by atoms with E-state index in [1.54, 1.807) is 0 Å². The van der Waals surface area contributed by atoms with Gasteiger partial charge in [-0.3, -0.25) is 0 Å². The Balaban J connectivity index is 2.30. The van der Waals surface area contributed by atoms with Crippen LogP contribution in [0.4, 0.5) is 4.79 Å². The second-order valence-electron chi connectivity index (χ2n) is 4.75. The monoisotopic (exact) mass is 215 g/mol. The van der Waals surface area contributed by atoms with Crippen molar-refractivity contribution in [2.24, 2.45) is 0 Å². The van der Waals surface area contributed by atoms with Crippen molar-refractivity contribution < 1.29 is 9.53 Å². The molecule has 0 bridgehead atoms. The number of hydrogen-bond acceptors (Lipinski definition) is 4. The third-order valence-corrected chi connectivity index (χ3v) is 1.98. The molecule has 0 saturated carbocycles. The highest BCUT2D eigenvalue weighted by Gasteiger charge is 2.19. The molecule has 0 aromatic heterocycles. The van der Waals surface area contributed by atoms with Gasteiger partial charge in [0.05, 0.1) is 6.04 Å². The largest absolute Gasteiger partial charge is 0.444 e. The topological polar surface area (TPSA) is 62.4 Å². The minimum atomic E-state index is -0.435. The summed E-state index contributed by atoms with van der Waals surface area (Å²) in [5.74, 6) is 0. The first-order chi connectivity index (χ1) is 6.97. The number of carbonyl (C=O) groups is 1. The Morgan fingerprint density at radius 3 is 2.27 bits per heavy atom. The molecule has 3 N–H and O–H groups in total. The highest BCUT2D eigenvalue weighted by Crippen LogP contribution is 2.06. The number of rotatable bonds is 1. The summed E-state index contributed by atoms with van der Waals surface area (Å²) in [7, 11) is 0. The van der Waals surface area contributed by atoms with Gasteiger partial charge in [-0.1, -0.05) is 0 Å². The van der Waals surface area contributed by atoms with E-state index >= 15 is 0 Å². The van der Waals surface area contributed by atoms with Crippen molar-refractivity contribution in [2.45, 2.75) is 32.4 Å². The fourth-order valence-electron chi connectivity index (χ4n) is 1.38. The SMILES string of the molecule is CC(C)(C)OC(=O)NC1CNCCNC1. The molecule has 1 aliphatic heterocycles. The van der Waals surface area contributed by atoms with Crippen LogP contribution in [0.25, 0.3) is 0 Å². The molecule has 1 heterocycles. The zero-order chi connectivity index (χ0) is 11.3. The molecule has 1 rings (SSSR count). The van der Waals surface area contributed by atoms with Crippen LogP contribution in [-0.4, -0.2) is 43.9 Å². The molecule has 0 atom stereocenters. The van der Waals surface area contributed by atoms with E-state index in [2.05, 4.69) is 16.0 Å². The molecule has 0 unspecified atom stereocenters. The van der Waals surface area contributed by atoms with Crippen LogP contribution in [0, 0.1) is 0 Å². The van der Waals surface area contributed by atoms with Gasteiger partial charge in [-0.15, -0.1) is 0 Å². The van der Waals surface area contributed by atoms with Crippen molar-refractivity contribution in [3.8, 4) is 0 Å². The molecule has 1 amide bonds. The van der Waals surface area contributed by atoms with E-state index in [0.717, 1.165) is 26.2 Å². The zero-order valence-electron chi connectivity index (χ0n) is 9.72. The summed E-state index contributed by atoms with van der Waals surface area (Å²) in [5, 5.41) is 9.29. The van der Waals surface area contributed by atoms with Crippen LogP contribution in [0.1, 0.15) is 20.8 Å². The van der Waals surface area contributed by atoms with Crippen LogP contribution in [0.2, 0.25) is 0 Å². The van der Waals surface area contributed by atoms with Gasteiger partial charge in [0.1, 0.15) is 5.60 Å². The van der Waals surface area contributed by atoms with Crippen LogP contribution in [0.15, 0.2) is 0 Å². The maximum Gasteiger partial charge on any atom is 0.407 e. The maximum absolute atomic E-state index is 11.5. The quantitative estimate of drug-likeness (QED) is 0.579. The van der Waals surface area contributed by atoms with Gasteiger partial charge in [-0.25, -0.2) is 4.79 Å². The molecule has 1 saturated heterocycles. The maximum atomic E-state index is 11.5. The Hall–Kier alpha value is -0.810. The Morgan fingerprint density at radius 2 is 1.80 bits per heavy atom. The third-order valence-electron chi connectivity index (χ3n) is 1.98. The first-order valence-electron chi connectivity index (χ1n) is 5.38. The van der Waals surface area contributed by atoms with Crippen molar-refractivity contribution in [1.82, 2.24) is 16.0 Å². The smallest absolute Gasteiger partial charge is 0.407 e. The molecular weight excluding hydrogens is 194 g/mol. The molecule has 0 aromatic carbocycles. The van der Waals surface area contributed by atoms with E-state index in [0.29, 0.717) is 0 Å². The van der Waals surface area contributed by atoms with Crippen molar-refractivity contribution in [2.75, 3.05) is 26.2 Å². The van der Waals surface area contributed by atoms with Crippen LogP contribution in [-0.2, 0) is 4.74 Å². The van der Waals surface area contributed by atoms with Crippen molar-refractivity contribution in [3.05, 3.63) is 0 Å². The molecule has 0 aliphatic carbocycles. The normalized spacial score (nSPS) is 19.4. The van der Waals surface area contributed by atoms with E-state index < -0.39 is 5.60 Å². The molecular formula is C10H21N3O2. The van der Waals surface area contributed by atoms with E-state index in [-0.39, 0.29) is 12.1 Å². The summed E-state index contributed by atoms with van der Waals surface area (Å²) in [6, 6.07) is 0.0994. The lowest BCUT2D eigenvalue weighted by Gasteiger charge is -2.22. The van der Waals surface area contributed by atoms with Gasteiger partial charge in [0, 0.05) is 26.2 Å². The number of ether oxygens (including phenoxy) is 1. The number of alkyl carbamates (subject to hydrolysis) is 1. The molecule has 88 valence electrons. The summed E-state index contributed by atoms with van der Waals surface area (Å²) in [6.45, 7) is 9.01. The minimum Gasteiger partial charge on any atom is -0.444 e. The van der Waals surface area contributed by atoms with Gasteiger partial charge in [-0.2, -0.15) is 0 Å². The second-order valence-corrected chi connectivity index (χ2v) is 4.75. The van der Waals surface area contributed by atoms with Gasteiger partial charge in [0.2, 0.25) is 0 Å². The first-order valence-corrected chi connectivity index (χ1v) is 5.38. The average Bonchev–Trinajstić information content (AvgIpc) is 2.28. The zero-order valence-corrected chi connectivity index (χ0v) is 9.72. The summed E-state index contributed by atoms with van der Waals surface area (Å²) >= 11 is 0. The summed E-state index contributed by atoms with van der Waals surface area (Å²) in [6.07, 6.45) is -0.349. The standard InChI is InChI=1S/C10H21N3O2/c1-10(2,3)15-9(14)13-8-6-11-4-5-12-7-8/h8,11-12H,4-7H2,1-3H3,(H,13,14).